The van der Waals surface area contributed by atoms with Crippen LogP contribution in [0.25, 0.3) is 0 Å². The predicted octanol–water partition coefficient (Wildman–Crippen LogP) is 2.18. The Bertz CT molecular complexity index is 545. The van der Waals surface area contributed by atoms with E-state index in [4.69, 9.17) is 9.26 Å². The fourth-order valence-electron chi connectivity index (χ4n) is 3.08. The fourth-order valence-corrected chi connectivity index (χ4v) is 3.08. The van der Waals surface area contributed by atoms with Crippen LogP contribution in [0.1, 0.15) is 57.2 Å². The van der Waals surface area contributed by atoms with E-state index in [1.807, 2.05) is 25.7 Å². The van der Waals surface area contributed by atoms with Crippen LogP contribution in [0, 0.1) is 11.3 Å². The highest BCUT2D eigenvalue weighted by atomic mass is 16.5. The van der Waals surface area contributed by atoms with Crippen molar-refractivity contribution in [3.8, 4) is 0 Å². The van der Waals surface area contributed by atoms with E-state index in [1.54, 1.807) is 7.11 Å². The summed E-state index contributed by atoms with van der Waals surface area (Å²) < 4.78 is 10.8. The molecule has 2 atom stereocenters. The summed E-state index contributed by atoms with van der Waals surface area (Å²) in [5.74, 6) is 2.42. The number of nitrogens with zero attached hydrogens (tertiary/aromatic N) is 3. The average Bonchev–Trinajstić information content (AvgIpc) is 3.04. The number of amides is 1. The largest absolute Gasteiger partial charge is 0.384 e. The quantitative estimate of drug-likeness (QED) is 0.853. The van der Waals surface area contributed by atoms with Gasteiger partial charge in [-0.1, -0.05) is 25.9 Å². The Morgan fingerprint density at radius 2 is 2.09 bits per heavy atom. The summed E-state index contributed by atoms with van der Waals surface area (Å²) in [6.45, 7) is 7.77. The molecule has 0 radical (unpaired) electrons. The minimum absolute atomic E-state index is 0.0752. The van der Waals surface area contributed by atoms with Crippen molar-refractivity contribution in [2.45, 2.75) is 45.4 Å². The molecule has 122 valence electrons. The third-order valence-electron chi connectivity index (χ3n) is 4.47. The lowest BCUT2D eigenvalue weighted by atomic mass is 9.95. The number of methoxy groups -OCH3 is 1. The lowest BCUT2D eigenvalue weighted by Gasteiger charge is -2.25. The van der Waals surface area contributed by atoms with Crippen molar-refractivity contribution in [2.24, 2.45) is 11.3 Å². The standard InChI is InChI=1S/C16H25N3O3/c1-16(2,3)15(20)19-7-11(9-21-4)12(8-19)14-17-13(18-22-14)10-5-6-10/h10-12H,5-9H2,1-4H3/t11-,12+/m0/s1. The third-order valence-corrected chi connectivity index (χ3v) is 4.47. The number of rotatable bonds is 4. The molecule has 1 saturated heterocycles. The molecule has 1 aliphatic carbocycles. The summed E-state index contributed by atoms with van der Waals surface area (Å²) >= 11 is 0. The summed E-state index contributed by atoms with van der Waals surface area (Å²) in [6, 6.07) is 0. The molecule has 2 fully saturated rings. The minimum atomic E-state index is -0.374. The molecular weight excluding hydrogens is 282 g/mol. The first-order valence-corrected chi connectivity index (χ1v) is 8.02. The molecule has 22 heavy (non-hydrogen) atoms. The van der Waals surface area contributed by atoms with Crippen molar-refractivity contribution in [1.29, 1.82) is 0 Å². The summed E-state index contributed by atoms with van der Waals surface area (Å²) in [5, 5.41) is 4.11. The van der Waals surface area contributed by atoms with Gasteiger partial charge in [-0.25, -0.2) is 0 Å². The third kappa shape index (κ3) is 3.02. The molecule has 1 saturated carbocycles. The van der Waals surface area contributed by atoms with Crippen molar-refractivity contribution in [1.82, 2.24) is 15.0 Å². The van der Waals surface area contributed by atoms with Gasteiger partial charge >= 0.3 is 0 Å². The highest BCUT2D eigenvalue weighted by molar-refractivity contribution is 5.81. The molecule has 1 aromatic rings. The highest BCUT2D eigenvalue weighted by Gasteiger charge is 2.42. The van der Waals surface area contributed by atoms with E-state index < -0.39 is 0 Å². The van der Waals surface area contributed by atoms with Gasteiger partial charge in [-0.2, -0.15) is 4.98 Å². The molecule has 0 N–H and O–H groups in total. The van der Waals surface area contributed by atoms with Gasteiger partial charge in [-0.05, 0) is 12.8 Å². The maximum Gasteiger partial charge on any atom is 0.231 e. The van der Waals surface area contributed by atoms with Crippen LogP contribution in [-0.4, -0.2) is 47.8 Å². The first-order valence-electron chi connectivity index (χ1n) is 8.02. The van der Waals surface area contributed by atoms with E-state index in [0.29, 0.717) is 31.5 Å². The molecule has 1 aromatic heterocycles. The Hall–Kier alpha value is -1.43. The van der Waals surface area contributed by atoms with Crippen molar-refractivity contribution in [3.05, 3.63) is 11.7 Å². The van der Waals surface area contributed by atoms with Crippen LogP contribution in [0.15, 0.2) is 4.52 Å². The molecule has 0 spiro atoms. The van der Waals surface area contributed by atoms with E-state index in [0.717, 1.165) is 18.7 Å². The van der Waals surface area contributed by atoms with Crippen LogP contribution in [0.5, 0.6) is 0 Å². The lowest BCUT2D eigenvalue weighted by molar-refractivity contribution is -0.138. The number of hydrogen-bond acceptors (Lipinski definition) is 5. The zero-order chi connectivity index (χ0) is 15.9. The predicted molar refractivity (Wildman–Crippen MR) is 80.4 cm³/mol. The topological polar surface area (TPSA) is 68.5 Å². The molecule has 0 bridgehead atoms. The van der Waals surface area contributed by atoms with Gasteiger partial charge in [-0.3, -0.25) is 4.79 Å². The van der Waals surface area contributed by atoms with Gasteiger partial charge in [0.15, 0.2) is 5.82 Å². The zero-order valence-corrected chi connectivity index (χ0v) is 13.8. The van der Waals surface area contributed by atoms with Gasteiger partial charge in [0.1, 0.15) is 0 Å². The minimum Gasteiger partial charge on any atom is -0.384 e. The highest BCUT2D eigenvalue weighted by Crippen LogP contribution is 2.40. The Morgan fingerprint density at radius 3 is 2.68 bits per heavy atom. The van der Waals surface area contributed by atoms with Crippen molar-refractivity contribution >= 4 is 5.91 Å². The Balaban J connectivity index is 1.77. The molecule has 1 amide bonds. The van der Waals surface area contributed by atoms with E-state index in [1.165, 1.54) is 0 Å². The molecular formula is C16H25N3O3. The van der Waals surface area contributed by atoms with Crippen LogP contribution in [0.2, 0.25) is 0 Å². The van der Waals surface area contributed by atoms with E-state index in [-0.39, 0.29) is 23.2 Å². The zero-order valence-electron chi connectivity index (χ0n) is 13.8. The second-order valence-corrected chi connectivity index (χ2v) is 7.55. The van der Waals surface area contributed by atoms with Crippen LogP contribution in [-0.2, 0) is 9.53 Å². The number of ether oxygens (including phenoxy) is 1. The molecule has 2 aliphatic rings. The summed E-state index contributed by atoms with van der Waals surface area (Å²) in [4.78, 5) is 19.0. The molecule has 2 heterocycles. The normalized spacial score (nSPS) is 25.7. The number of aromatic nitrogens is 2. The van der Waals surface area contributed by atoms with Gasteiger partial charge in [0.2, 0.25) is 11.8 Å². The molecule has 6 nitrogen and oxygen atoms in total. The van der Waals surface area contributed by atoms with E-state index >= 15 is 0 Å². The van der Waals surface area contributed by atoms with Crippen molar-refractivity contribution < 1.29 is 14.1 Å². The molecule has 3 rings (SSSR count). The smallest absolute Gasteiger partial charge is 0.231 e. The van der Waals surface area contributed by atoms with Gasteiger partial charge in [0.05, 0.1) is 12.5 Å². The van der Waals surface area contributed by atoms with Crippen molar-refractivity contribution in [2.75, 3.05) is 26.8 Å². The second-order valence-electron chi connectivity index (χ2n) is 7.55. The average molecular weight is 307 g/mol. The summed E-state index contributed by atoms with van der Waals surface area (Å²) in [5.41, 5.74) is -0.374. The first kappa shape index (κ1) is 15.5. The maximum absolute atomic E-state index is 12.5. The van der Waals surface area contributed by atoms with E-state index in [2.05, 4.69) is 10.1 Å². The Labute approximate surface area is 131 Å². The molecule has 0 unspecified atom stereocenters. The van der Waals surface area contributed by atoms with Crippen LogP contribution >= 0.6 is 0 Å². The summed E-state index contributed by atoms with van der Waals surface area (Å²) in [6.07, 6.45) is 2.31. The van der Waals surface area contributed by atoms with Gasteiger partial charge < -0.3 is 14.2 Å². The van der Waals surface area contributed by atoms with Crippen molar-refractivity contribution in [3.63, 3.8) is 0 Å². The van der Waals surface area contributed by atoms with E-state index in [9.17, 15) is 4.79 Å². The molecule has 0 aromatic carbocycles. The molecule has 1 aliphatic heterocycles. The van der Waals surface area contributed by atoms with Gasteiger partial charge in [-0.15, -0.1) is 0 Å². The number of carbonyl (C=O) groups excluding carboxylic acids is 1. The van der Waals surface area contributed by atoms with Crippen LogP contribution in [0.4, 0.5) is 0 Å². The Kier molecular flexibility index (Phi) is 3.97. The van der Waals surface area contributed by atoms with Crippen LogP contribution < -0.4 is 0 Å². The summed E-state index contributed by atoms with van der Waals surface area (Å²) in [7, 11) is 1.69. The van der Waals surface area contributed by atoms with Gasteiger partial charge in [0, 0.05) is 37.5 Å². The number of likely N-dealkylation sites (tertiary alicyclic amines) is 1. The fraction of sp³-hybridized carbons (Fsp3) is 0.812. The number of carbonyl (C=O) groups is 1. The molecule has 6 heteroatoms. The van der Waals surface area contributed by atoms with Gasteiger partial charge in [0.25, 0.3) is 0 Å². The maximum atomic E-state index is 12.5. The Morgan fingerprint density at radius 1 is 1.36 bits per heavy atom. The first-order chi connectivity index (χ1) is 10.4. The number of hydrogen-bond donors (Lipinski definition) is 0. The van der Waals surface area contributed by atoms with Crippen LogP contribution in [0.3, 0.4) is 0 Å². The lowest BCUT2D eigenvalue weighted by Crippen LogP contribution is -2.38. The second kappa shape index (κ2) is 5.65. The SMILES string of the molecule is COC[C@@H]1CN(C(=O)C(C)(C)C)C[C@H]1c1nc(C2CC2)no1. The monoisotopic (exact) mass is 307 g/mol.